The molecule has 0 fully saturated rings. The van der Waals surface area contributed by atoms with Crippen LogP contribution in [0.1, 0.15) is 6.42 Å². The lowest BCUT2D eigenvalue weighted by Gasteiger charge is -2.04. The lowest BCUT2D eigenvalue weighted by atomic mass is 10.3. The van der Waals surface area contributed by atoms with Crippen LogP contribution >= 0.6 is 11.8 Å². The Kier molecular flexibility index (Phi) is 3.96. The SMILES string of the molecule is Nc1ccc(SCCCn2c(=O)[nH]c3ccccc32)cn1. The van der Waals surface area contributed by atoms with Gasteiger partial charge < -0.3 is 10.7 Å². The smallest absolute Gasteiger partial charge is 0.326 e. The second-order valence-corrected chi connectivity index (χ2v) is 5.89. The number of aryl methyl sites for hydroxylation is 1. The fourth-order valence-electron chi connectivity index (χ4n) is 2.22. The third-order valence-electron chi connectivity index (χ3n) is 3.24. The van der Waals surface area contributed by atoms with Crippen molar-refractivity contribution < 1.29 is 0 Å². The highest BCUT2D eigenvalue weighted by Crippen LogP contribution is 2.19. The number of H-pyrrole nitrogens is 1. The summed E-state index contributed by atoms with van der Waals surface area (Å²) < 4.78 is 1.79. The molecule has 1 aromatic carbocycles. The van der Waals surface area contributed by atoms with Crippen LogP contribution in [0.5, 0.6) is 0 Å². The van der Waals surface area contributed by atoms with E-state index in [9.17, 15) is 4.79 Å². The van der Waals surface area contributed by atoms with Gasteiger partial charge in [-0.15, -0.1) is 11.8 Å². The van der Waals surface area contributed by atoms with Crippen LogP contribution in [0.25, 0.3) is 11.0 Å². The number of hydrogen-bond donors (Lipinski definition) is 2. The number of nitrogens with two attached hydrogens (primary N) is 1. The second kappa shape index (κ2) is 6.05. The van der Waals surface area contributed by atoms with E-state index >= 15 is 0 Å². The molecule has 2 aromatic heterocycles. The van der Waals surface area contributed by atoms with Gasteiger partial charge in [-0.05, 0) is 36.4 Å². The normalized spacial score (nSPS) is 11.0. The van der Waals surface area contributed by atoms with Gasteiger partial charge in [0.1, 0.15) is 5.82 Å². The van der Waals surface area contributed by atoms with Crippen molar-refractivity contribution in [2.24, 2.45) is 0 Å². The molecular formula is C15H16N4OS. The zero-order valence-electron chi connectivity index (χ0n) is 11.5. The number of benzene rings is 1. The van der Waals surface area contributed by atoms with Gasteiger partial charge in [-0.1, -0.05) is 12.1 Å². The summed E-state index contributed by atoms with van der Waals surface area (Å²) in [7, 11) is 0. The predicted octanol–water partition coefficient (Wildman–Crippen LogP) is 2.49. The van der Waals surface area contributed by atoms with E-state index in [1.54, 1.807) is 28.6 Å². The van der Waals surface area contributed by atoms with Gasteiger partial charge in [0.15, 0.2) is 0 Å². The topological polar surface area (TPSA) is 76.7 Å². The van der Waals surface area contributed by atoms with E-state index in [1.165, 1.54) is 0 Å². The number of fused-ring (bicyclic) bond motifs is 1. The molecule has 0 saturated carbocycles. The summed E-state index contributed by atoms with van der Waals surface area (Å²) in [6.07, 6.45) is 2.69. The van der Waals surface area contributed by atoms with E-state index < -0.39 is 0 Å². The van der Waals surface area contributed by atoms with Gasteiger partial charge >= 0.3 is 5.69 Å². The number of para-hydroxylation sites is 2. The van der Waals surface area contributed by atoms with Crippen LogP contribution in [-0.2, 0) is 6.54 Å². The van der Waals surface area contributed by atoms with E-state index in [0.29, 0.717) is 12.4 Å². The van der Waals surface area contributed by atoms with E-state index in [4.69, 9.17) is 5.73 Å². The van der Waals surface area contributed by atoms with Gasteiger partial charge in [0.05, 0.1) is 11.0 Å². The molecule has 0 aliphatic rings. The largest absolute Gasteiger partial charge is 0.384 e. The first kappa shape index (κ1) is 13.8. The number of anilines is 1. The molecule has 0 radical (unpaired) electrons. The first-order valence-electron chi connectivity index (χ1n) is 6.76. The summed E-state index contributed by atoms with van der Waals surface area (Å²) in [4.78, 5) is 19.9. The third kappa shape index (κ3) is 3.11. The predicted molar refractivity (Wildman–Crippen MR) is 86.5 cm³/mol. The van der Waals surface area contributed by atoms with Crippen LogP contribution < -0.4 is 11.4 Å². The number of imidazole rings is 1. The zero-order chi connectivity index (χ0) is 14.7. The molecule has 3 N–H and O–H groups in total. The third-order valence-corrected chi connectivity index (χ3v) is 4.30. The molecule has 0 spiro atoms. The number of nitrogens with zero attached hydrogens (tertiary/aromatic N) is 2. The van der Waals surface area contributed by atoms with Crippen LogP contribution in [0.3, 0.4) is 0 Å². The number of pyridine rings is 1. The summed E-state index contributed by atoms with van der Waals surface area (Å²) in [5, 5.41) is 0. The molecule has 3 rings (SSSR count). The first-order chi connectivity index (χ1) is 10.2. The van der Waals surface area contributed by atoms with Crippen molar-refractivity contribution in [3.05, 3.63) is 53.1 Å². The summed E-state index contributed by atoms with van der Waals surface area (Å²) in [5.41, 5.74) is 7.35. The second-order valence-electron chi connectivity index (χ2n) is 4.72. The number of hydrogen-bond acceptors (Lipinski definition) is 4. The molecule has 0 aliphatic carbocycles. The molecule has 6 heteroatoms. The summed E-state index contributed by atoms with van der Waals surface area (Å²) in [6, 6.07) is 11.5. The minimum Gasteiger partial charge on any atom is -0.384 e. The Bertz CT molecular complexity index is 791. The molecule has 21 heavy (non-hydrogen) atoms. The number of nitrogens with one attached hydrogen (secondary N) is 1. The van der Waals surface area contributed by atoms with Crippen LogP contribution in [0.15, 0.2) is 52.3 Å². The fraction of sp³-hybridized carbons (Fsp3) is 0.200. The van der Waals surface area contributed by atoms with Crippen LogP contribution in [-0.4, -0.2) is 20.3 Å². The summed E-state index contributed by atoms with van der Waals surface area (Å²) in [5.74, 6) is 1.46. The Labute approximate surface area is 126 Å². The lowest BCUT2D eigenvalue weighted by molar-refractivity contribution is 0.679. The highest BCUT2D eigenvalue weighted by molar-refractivity contribution is 7.99. The van der Waals surface area contributed by atoms with E-state index in [-0.39, 0.29) is 5.69 Å². The maximum Gasteiger partial charge on any atom is 0.326 e. The van der Waals surface area contributed by atoms with E-state index in [0.717, 1.165) is 28.1 Å². The highest BCUT2D eigenvalue weighted by atomic mass is 32.2. The number of rotatable bonds is 5. The van der Waals surface area contributed by atoms with E-state index in [1.807, 2.05) is 30.3 Å². The summed E-state index contributed by atoms with van der Waals surface area (Å²) in [6.45, 7) is 0.707. The van der Waals surface area contributed by atoms with Crippen LogP contribution in [0.2, 0.25) is 0 Å². The number of aromatic amines is 1. The number of thioether (sulfide) groups is 1. The van der Waals surface area contributed by atoms with Crippen molar-refractivity contribution in [2.75, 3.05) is 11.5 Å². The van der Waals surface area contributed by atoms with Gasteiger partial charge in [-0.2, -0.15) is 0 Å². The van der Waals surface area contributed by atoms with Crippen molar-refractivity contribution in [1.82, 2.24) is 14.5 Å². The van der Waals surface area contributed by atoms with Crippen molar-refractivity contribution in [2.45, 2.75) is 17.9 Å². The molecule has 3 aromatic rings. The van der Waals surface area contributed by atoms with Crippen molar-refractivity contribution in [3.63, 3.8) is 0 Å². The molecule has 0 atom stereocenters. The number of aromatic nitrogens is 3. The lowest BCUT2D eigenvalue weighted by Crippen LogP contribution is -2.17. The van der Waals surface area contributed by atoms with Crippen LogP contribution in [0, 0.1) is 0 Å². The maximum atomic E-state index is 11.9. The zero-order valence-corrected chi connectivity index (χ0v) is 12.3. The Hall–Kier alpha value is -2.21. The fourth-order valence-corrected chi connectivity index (χ4v) is 3.02. The molecule has 5 nitrogen and oxygen atoms in total. The highest BCUT2D eigenvalue weighted by Gasteiger charge is 2.05. The molecule has 108 valence electrons. The van der Waals surface area contributed by atoms with Crippen molar-refractivity contribution >= 4 is 28.6 Å². The Morgan fingerprint density at radius 1 is 1.24 bits per heavy atom. The average Bonchev–Trinajstić information content (AvgIpc) is 2.81. The van der Waals surface area contributed by atoms with Crippen LogP contribution in [0.4, 0.5) is 5.82 Å². The van der Waals surface area contributed by atoms with Gasteiger partial charge in [0.25, 0.3) is 0 Å². The molecular weight excluding hydrogens is 284 g/mol. The standard InChI is InChI=1S/C15H16N4OS/c16-14-7-6-11(10-17-14)21-9-3-8-19-13-5-2-1-4-12(13)18-15(19)20/h1-2,4-7,10H,3,8-9H2,(H2,16,17)(H,18,20). The Morgan fingerprint density at radius 3 is 2.90 bits per heavy atom. The molecule has 2 heterocycles. The van der Waals surface area contributed by atoms with Crippen molar-refractivity contribution in [3.8, 4) is 0 Å². The first-order valence-corrected chi connectivity index (χ1v) is 7.74. The van der Waals surface area contributed by atoms with E-state index in [2.05, 4.69) is 9.97 Å². The Morgan fingerprint density at radius 2 is 2.10 bits per heavy atom. The minimum absolute atomic E-state index is 0.0460. The van der Waals surface area contributed by atoms with Gasteiger partial charge in [-0.25, -0.2) is 9.78 Å². The Balaban J connectivity index is 1.61. The van der Waals surface area contributed by atoms with Crippen molar-refractivity contribution in [1.29, 1.82) is 0 Å². The average molecular weight is 300 g/mol. The van der Waals surface area contributed by atoms with Gasteiger partial charge in [0, 0.05) is 17.6 Å². The summed E-state index contributed by atoms with van der Waals surface area (Å²) >= 11 is 1.72. The molecule has 0 unspecified atom stereocenters. The molecule has 0 saturated heterocycles. The molecule has 0 amide bonds. The quantitative estimate of drug-likeness (QED) is 0.560. The minimum atomic E-state index is -0.0460. The number of nitrogen functional groups attached to an aromatic ring is 1. The van der Waals surface area contributed by atoms with Gasteiger partial charge in [0.2, 0.25) is 0 Å². The maximum absolute atomic E-state index is 11.9. The molecule has 0 aliphatic heterocycles. The molecule has 0 bridgehead atoms. The monoisotopic (exact) mass is 300 g/mol. The van der Waals surface area contributed by atoms with Gasteiger partial charge in [-0.3, -0.25) is 4.57 Å².